The van der Waals surface area contributed by atoms with Crippen LogP contribution in [0.5, 0.6) is 0 Å². The zero-order valence-electron chi connectivity index (χ0n) is 13.3. The molecule has 5 nitrogen and oxygen atoms in total. The predicted octanol–water partition coefficient (Wildman–Crippen LogP) is 3.24. The highest BCUT2D eigenvalue weighted by Crippen LogP contribution is 2.20. The molecule has 0 aliphatic carbocycles. The van der Waals surface area contributed by atoms with Gasteiger partial charge in [-0.25, -0.2) is 18.7 Å². The van der Waals surface area contributed by atoms with Gasteiger partial charge in [-0.2, -0.15) is 0 Å². The highest BCUT2D eigenvalue weighted by Gasteiger charge is 2.18. The van der Waals surface area contributed by atoms with Crippen molar-refractivity contribution in [2.45, 2.75) is 19.8 Å². The number of nitrogens with zero attached hydrogens (tertiary/aromatic N) is 3. The quantitative estimate of drug-likeness (QED) is 0.937. The molecule has 0 saturated carbocycles. The van der Waals surface area contributed by atoms with E-state index in [1.54, 1.807) is 0 Å². The number of halogens is 2. The number of aromatic nitrogens is 2. The number of nitrogens with one attached hydrogen (secondary N) is 1. The van der Waals surface area contributed by atoms with E-state index < -0.39 is 17.5 Å². The highest BCUT2D eigenvalue weighted by molar-refractivity contribution is 6.04. The number of piperidine rings is 1. The van der Waals surface area contributed by atoms with E-state index in [9.17, 15) is 13.6 Å². The summed E-state index contributed by atoms with van der Waals surface area (Å²) in [6, 6.07) is 2.99. The standard InChI is InChI=1S/C17H18F2N4O/c1-11-4-6-23(7-5-11)17-20-9-13(10-21-17)22-16(24)12-2-3-14(18)15(19)8-12/h2-3,8-11H,4-7H2,1H3,(H,22,24). The molecule has 1 aliphatic heterocycles. The maximum absolute atomic E-state index is 13.2. The first-order valence-electron chi connectivity index (χ1n) is 7.86. The summed E-state index contributed by atoms with van der Waals surface area (Å²) < 4.78 is 26.1. The number of carbonyl (C=O) groups is 1. The topological polar surface area (TPSA) is 58.1 Å². The number of amides is 1. The van der Waals surface area contributed by atoms with Crippen molar-refractivity contribution in [2.24, 2.45) is 5.92 Å². The van der Waals surface area contributed by atoms with Gasteiger partial charge in [0.1, 0.15) is 0 Å². The van der Waals surface area contributed by atoms with Gasteiger partial charge in [-0.3, -0.25) is 4.79 Å². The summed E-state index contributed by atoms with van der Waals surface area (Å²) >= 11 is 0. The lowest BCUT2D eigenvalue weighted by molar-refractivity contribution is 0.102. The van der Waals surface area contributed by atoms with Gasteiger partial charge in [-0.05, 0) is 37.0 Å². The Morgan fingerprint density at radius 3 is 2.46 bits per heavy atom. The SMILES string of the molecule is CC1CCN(c2ncc(NC(=O)c3ccc(F)c(F)c3)cn2)CC1. The molecule has 0 radical (unpaired) electrons. The number of hydrogen-bond acceptors (Lipinski definition) is 4. The van der Waals surface area contributed by atoms with Crippen LogP contribution in [0.2, 0.25) is 0 Å². The van der Waals surface area contributed by atoms with E-state index in [2.05, 4.69) is 27.1 Å². The van der Waals surface area contributed by atoms with Crippen LogP contribution in [0.15, 0.2) is 30.6 Å². The average molecular weight is 332 g/mol. The molecule has 0 atom stereocenters. The molecule has 3 rings (SSSR count). The molecule has 1 saturated heterocycles. The van der Waals surface area contributed by atoms with Gasteiger partial charge in [0.05, 0.1) is 18.1 Å². The van der Waals surface area contributed by atoms with Crippen molar-refractivity contribution in [3.63, 3.8) is 0 Å². The largest absolute Gasteiger partial charge is 0.341 e. The van der Waals surface area contributed by atoms with Gasteiger partial charge in [-0.15, -0.1) is 0 Å². The fourth-order valence-corrected chi connectivity index (χ4v) is 2.60. The Morgan fingerprint density at radius 1 is 1.17 bits per heavy atom. The maximum atomic E-state index is 13.2. The summed E-state index contributed by atoms with van der Waals surface area (Å²) in [6.07, 6.45) is 5.24. The molecule has 24 heavy (non-hydrogen) atoms. The minimum atomic E-state index is -1.06. The lowest BCUT2D eigenvalue weighted by Gasteiger charge is -2.30. The van der Waals surface area contributed by atoms with Crippen LogP contribution >= 0.6 is 0 Å². The van der Waals surface area contributed by atoms with Gasteiger partial charge in [0.15, 0.2) is 11.6 Å². The van der Waals surface area contributed by atoms with Crippen LogP contribution in [0.1, 0.15) is 30.1 Å². The third kappa shape index (κ3) is 3.67. The van der Waals surface area contributed by atoms with Crippen LogP contribution in [0.25, 0.3) is 0 Å². The molecule has 2 heterocycles. The first-order valence-corrected chi connectivity index (χ1v) is 7.86. The molecule has 7 heteroatoms. The van der Waals surface area contributed by atoms with E-state index in [0.717, 1.165) is 44.0 Å². The molecule has 0 bridgehead atoms. The minimum Gasteiger partial charge on any atom is -0.341 e. The van der Waals surface area contributed by atoms with Crippen molar-refractivity contribution >= 4 is 17.5 Å². The van der Waals surface area contributed by atoms with Crippen LogP contribution in [0, 0.1) is 17.6 Å². The zero-order chi connectivity index (χ0) is 17.1. The Bertz CT molecular complexity index is 728. The molecule has 1 aliphatic rings. The van der Waals surface area contributed by atoms with E-state index >= 15 is 0 Å². The number of carbonyl (C=O) groups excluding carboxylic acids is 1. The fraction of sp³-hybridized carbons (Fsp3) is 0.353. The van der Waals surface area contributed by atoms with E-state index in [0.29, 0.717) is 11.6 Å². The molecule has 1 amide bonds. The lowest BCUT2D eigenvalue weighted by Crippen LogP contribution is -2.34. The summed E-state index contributed by atoms with van der Waals surface area (Å²) in [4.78, 5) is 22.7. The molecule has 126 valence electrons. The smallest absolute Gasteiger partial charge is 0.255 e. The van der Waals surface area contributed by atoms with Crippen molar-refractivity contribution in [2.75, 3.05) is 23.3 Å². The highest BCUT2D eigenvalue weighted by atomic mass is 19.2. The van der Waals surface area contributed by atoms with Crippen LogP contribution in [0.3, 0.4) is 0 Å². The second kappa shape index (κ2) is 6.90. The molecule has 1 N–H and O–H groups in total. The number of anilines is 2. The van der Waals surface area contributed by atoms with Crippen molar-refractivity contribution in [3.05, 3.63) is 47.8 Å². The van der Waals surface area contributed by atoms with Gasteiger partial charge < -0.3 is 10.2 Å². The summed E-state index contributed by atoms with van der Waals surface area (Å²) in [5, 5.41) is 2.57. The Hall–Kier alpha value is -2.57. The third-order valence-corrected chi connectivity index (χ3v) is 4.14. The van der Waals surface area contributed by atoms with Crippen molar-refractivity contribution in [1.82, 2.24) is 9.97 Å². The zero-order valence-corrected chi connectivity index (χ0v) is 13.3. The number of benzene rings is 1. The third-order valence-electron chi connectivity index (χ3n) is 4.14. The van der Waals surface area contributed by atoms with Crippen molar-refractivity contribution < 1.29 is 13.6 Å². The summed E-state index contributed by atoms with van der Waals surface area (Å²) in [5.74, 6) is -1.25. The summed E-state index contributed by atoms with van der Waals surface area (Å²) in [5.41, 5.74) is 0.432. The average Bonchev–Trinajstić information content (AvgIpc) is 2.59. The van der Waals surface area contributed by atoms with Gasteiger partial charge >= 0.3 is 0 Å². The lowest BCUT2D eigenvalue weighted by atomic mass is 10.00. The molecule has 1 aromatic carbocycles. The second-order valence-electron chi connectivity index (χ2n) is 6.02. The van der Waals surface area contributed by atoms with E-state index in [4.69, 9.17) is 0 Å². The fourth-order valence-electron chi connectivity index (χ4n) is 2.60. The Morgan fingerprint density at radius 2 is 1.83 bits per heavy atom. The molecule has 0 spiro atoms. The van der Waals surface area contributed by atoms with E-state index in [-0.39, 0.29) is 5.56 Å². The number of rotatable bonds is 3. The van der Waals surface area contributed by atoms with Gasteiger partial charge in [0, 0.05) is 18.7 Å². The second-order valence-corrected chi connectivity index (χ2v) is 6.02. The van der Waals surface area contributed by atoms with Gasteiger partial charge in [-0.1, -0.05) is 6.92 Å². The van der Waals surface area contributed by atoms with Gasteiger partial charge in [0.25, 0.3) is 5.91 Å². The molecular weight excluding hydrogens is 314 g/mol. The van der Waals surface area contributed by atoms with Crippen LogP contribution in [0.4, 0.5) is 20.4 Å². The van der Waals surface area contributed by atoms with Crippen LogP contribution in [-0.4, -0.2) is 29.0 Å². The molecular formula is C17H18F2N4O. The monoisotopic (exact) mass is 332 g/mol. The summed E-state index contributed by atoms with van der Waals surface area (Å²) in [6.45, 7) is 4.07. The summed E-state index contributed by atoms with van der Waals surface area (Å²) in [7, 11) is 0. The molecule has 1 aromatic heterocycles. The Labute approximate surface area is 138 Å². The predicted molar refractivity (Wildman–Crippen MR) is 87.0 cm³/mol. The number of hydrogen-bond donors (Lipinski definition) is 1. The van der Waals surface area contributed by atoms with Crippen molar-refractivity contribution in [3.8, 4) is 0 Å². The molecule has 0 unspecified atom stereocenters. The van der Waals surface area contributed by atoms with Crippen LogP contribution in [-0.2, 0) is 0 Å². The molecule has 1 fully saturated rings. The van der Waals surface area contributed by atoms with Gasteiger partial charge in [0.2, 0.25) is 5.95 Å². The first kappa shape index (κ1) is 16.3. The maximum Gasteiger partial charge on any atom is 0.255 e. The Kier molecular flexibility index (Phi) is 4.69. The normalized spacial score (nSPS) is 15.4. The van der Waals surface area contributed by atoms with E-state index in [1.165, 1.54) is 18.5 Å². The first-order chi connectivity index (χ1) is 11.5. The van der Waals surface area contributed by atoms with Crippen molar-refractivity contribution in [1.29, 1.82) is 0 Å². The molecule has 2 aromatic rings. The van der Waals surface area contributed by atoms with Crippen LogP contribution < -0.4 is 10.2 Å². The minimum absolute atomic E-state index is 0.0306. The van der Waals surface area contributed by atoms with E-state index in [1.807, 2.05) is 0 Å². The Balaban J connectivity index is 1.65.